The van der Waals surface area contributed by atoms with Crippen molar-refractivity contribution in [1.82, 2.24) is 0 Å². The van der Waals surface area contributed by atoms with Crippen LogP contribution in [0.25, 0.3) is 0 Å². The van der Waals surface area contributed by atoms with Gasteiger partial charge >= 0.3 is 0 Å². The monoisotopic (exact) mass is 327 g/mol. The summed E-state index contributed by atoms with van der Waals surface area (Å²) in [6.07, 6.45) is 0.518. The quantitative estimate of drug-likeness (QED) is 0.500. The Bertz CT molecular complexity index is 774. The molecule has 0 saturated heterocycles. The third-order valence-corrected chi connectivity index (χ3v) is 3.27. The van der Waals surface area contributed by atoms with Crippen LogP contribution in [0.3, 0.4) is 0 Å². The molecule has 0 bridgehead atoms. The average molecular weight is 327 g/mol. The van der Waals surface area contributed by atoms with Crippen LogP contribution >= 0.6 is 0 Å². The smallest absolute Gasteiger partial charge is 0.270 e. The van der Waals surface area contributed by atoms with Gasteiger partial charge in [-0.05, 0) is 25.5 Å². The summed E-state index contributed by atoms with van der Waals surface area (Å²) in [5, 5.41) is 17.2. The van der Waals surface area contributed by atoms with Crippen LogP contribution in [0.4, 0.5) is 11.4 Å². The number of nitro benzene ring substituents is 1. The predicted molar refractivity (Wildman–Crippen MR) is 91.0 cm³/mol. The second-order valence-corrected chi connectivity index (χ2v) is 5.14. The normalized spacial score (nSPS) is 11.9. The van der Waals surface area contributed by atoms with Crippen LogP contribution in [0.15, 0.2) is 53.7 Å². The lowest BCUT2D eigenvalue weighted by atomic mass is 10.2. The van der Waals surface area contributed by atoms with Crippen LogP contribution < -0.4 is 5.32 Å². The summed E-state index contributed by atoms with van der Waals surface area (Å²) in [6, 6.07) is 13.4. The first kappa shape index (κ1) is 17.1. The minimum atomic E-state index is -0.806. The molecule has 0 heterocycles. The molecule has 1 amide bonds. The predicted octanol–water partition coefficient (Wildman–Crippen LogP) is 3.28. The number of carbonyl (C=O) groups is 1. The number of hydrogen-bond donors (Lipinski definition) is 1. The summed E-state index contributed by atoms with van der Waals surface area (Å²) in [4.78, 5) is 27.4. The lowest BCUT2D eigenvalue weighted by Crippen LogP contribution is -2.26. The number of para-hydroxylation sites is 1. The van der Waals surface area contributed by atoms with Gasteiger partial charge in [-0.15, -0.1) is 0 Å². The van der Waals surface area contributed by atoms with Gasteiger partial charge < -0.3 is 10.2 Å². The van der Waals surface area contributed by atoms with E-state index in [0.717, 1.165) is 5.56 Å². The van der Waals surface area contributed by atoms with Crippen molar-refractivity contribution in [2.45, 2.75) is 20.0 Å². The largest absolute Gasteiger partial charge is 0.383 e. The van der Waals surface area contributed by atoms with Gasteiger partial charge in [0, 0.05) is 23.4 Å². The van der Waals surface area contributed by atoms with Gasteiger partial charge in [-0.1, -0.05) is 35.5 Å². The van der Waals surface area contributed by atoms with Gasteiger partial charge in [0.15, 0.2) is 0 Å². The Morgan fingerprint density at radius 3 is 2.75 bits per heavy atom. The highest BCUT2D eigenvalue weighted by molar-refractivity contribution is 5.94. The van der Waals surface area contributed by atoms with Crippen molar-refractivity contribution in [3.05, 3.63) is 69.8 Å². The highest BCUT2D eigenvalue weighted by atomic mass is 16.6. The van der Waals surface area contributed by atoms with Crippen molar-refractivity contribution >= 4 is 23.5 Å². The number of carbonyl (C=O) groups excluding carboxylic acids is 1. The minimum absolute atomic E-state index is 0.0377. The number of nitrogens with one attached hydrogen (secondary N) is 1. The van der Waals surface area contributed by atoms with Gasteiger partial charge in [-0.3, -0.25) is 14.9 Å². The van der Waals surface area contributed by atoms with Crippen molar-refractivity contribution in [2.24, 2.45) is 5.16 Å². The third-order valence-electron chi connectivity index (χ3n) is 3.27. The molecule has 0 aliphatic heterocycles. The number of aryl methyl sites for hydroxylation is 1. The summed E-state index contributed by atoms with van der Waals surface area (Å²) in [6.45, 7) is 3.46. The standard InChI is InChI=1S/C17H17N3O4/c1-12-6-3-4-9-16(12)19-17(21)13(2)24-18-11-14-7-5-8-15(10-14)20(22)23/h3-11,13H,1-2H3,(H,19,21)/b18-11-/t13-/m1/s1. The molecule has 0 unspecified atom stereocenters. The van der Waals surface area contributed by atoms with Gasteiger partial charge in [0.2, 0.25) is 6.10 Å². The number of rotatable bonds is 6. The molecule has 1 atom stereocenters. The zero-order valence-electron chi connectivity index (χ0n) is 13.3. The summed E-state index contributed by atoms with van der Waals surface area (Å²) in [5.74, 6) is -0.333. The Morgan fingerprint density at radius 2 is 2.04 bits per heavy atom. The lowest BCUT2D eigenvalue weighted by Gasteiger charge is -2.12. The molecule has 2 aromatic rings. The molecule has 0 radical (unpaired) electrons. The molecule has 0 aliphatic rings. The molecule has 24 heavy (non-hydrogen) atoms. The van der Waals surface area contributed by atoms with Gasteiger partial charge in [0.05, 0.1) is 11.1 Å². The molecule has 124 valence electrons. The molecule has 2 aromatic carbocycles. The molecule has 0 spiro atoms. The van der Waals surface area contributed by atoms with E-state index in [9.17, 15) is 14.9 Å². The first-order chi connectivity index (χ1) is 11.5. The Morgan fingerprint density at radius 1 is 1.29 bits per heavy atom. The maximum Gasteiger partial charge on any atom is 0.270 e. The van der Waals surface area contributed by atoms with E-state index in [1.165, 1.54) is 18.3 Å². The lowest BCUT2D eigenvalue weighted by molar-refractivity contribution is -0.384. The Hall–Kier alpha value is -3.22. The topological polar surface area (TPSA) is 93.8 Å². The van der Waals surface area contributed by atoms with E-state index in [-0.39, 0.29) is 11.6 Å². The fourth-order valence-corrected chi connectivity index (χ4v) is 1.90. The van der Waals surface area contributed by atoms with E-state index < -0.39 is 11.0 Å². The summed E-state index contributed by atoms with van der Waals surface area (Å²) < 4.78 is 0. The number of oxime groups is 1. The fourth-order valence-electron chi connectivity index (χ4n) is 1.90. The van der Waals surface area contributed by atoms with Gasteiger partial charge in [-0.2, -0.15) is 0 Å². The van der Waals surface area contributed by atoms with Crippen molar-refractivity contribution in [3.8, 4) is 0 Å². The second-order valence-electron chi connectivity index (χ2n) is 5.14. The van der Waals surface area contributed by atoms with E-state index in [2.05, 4.69) is 10.5 Å². The van der Waals surface area contributed by atoms with E-state index >= 15 is 0 Å². The molecule has 0 saturated carbocycles. The van der Waals surface area contributed by atoms with E-state index in [4.69, 9.17) is 4.84 Å². The Labute approximate surface area is 139 Å². The maximum absolute atomic E-state index is 12.1. The maximum atomic E-state index is 12.1. The molecule has 0 aromatic heterocycles. The van der Waals surface area contributed by atoms with Gasteiger partial charge in [0.25, 0.3) is 11.6 Å². The molecular formula is C17H17N3O4. The zero-order chi connectivity index (χ0) is 17.5. The number of nitro groups is 1. The highest BCUT2D eigenvalue weighted by Gasteiger charge is 2.14. The zero-order valence-corrected chi connectivity index (χ0v) is 13.3. The summed E-state index contributed by atoms with van der Waals surface area (Å²) >= 11 is 0. The molecule has 7 heteroatoms. The SMILES string of the molecule is Cc1ccccc1NC(=O)[C@@H](C)O/N=C\c1cccc([N+](=O)[O-])c1. The van der Waals surface area contributed by atoms with Crippen LogP contribution in [-0.2, 0) is 9.63 Å². The molecule has 7 nitrogen and oxygen atoms in total. The van der Waals surface area contributed by atoms with E-state index in [1.807, 2.05) is 25.1 Å². The molecular weight excluding hydrogens is 310 g/mol. The molecule has 0 aliphatic carbocycles. The van der Waals surface area contributed by atoms with Crippen molar-refractivity contribution in [3.63, 3.8) is 0 Å². The summed E-state index contributed by atoms with van der Waals surface area (Å²) in [7, 11) is 0. The van der Waals surface area contributed by atoms with Crippen LogP contribution in [0.5, 0.6) is 0 Å². The van der Waals surface area contributed by atoms with Crippen molar-refractivity contribution in [2.75, 3.05) is 5.32 Å². The minimum Gasteiger partial charge on any atom is -0.383 e. The first-order valence-electron chi connectivity index (χ1n) is 7.27. The van der Waals surface area contributed by atoms with Crippen LogP contribution in [-0.4, -0.2) is 23.1 Å². The highest BCUT2D eigenvalue weighted by Crippen LogP contribution is 2.14. The number of hydrogen-bond acceptors (Lipinski definition) is 5. The number of nitrogens with zero attached hydrogens (tertiary/aromatic N) is 2. The third kappa shape index (κ3) is 4.64. The molecule has 2 rings (SSSR count). The molecule has 1 N–H and O–H groups in total. The Kier molecular flexibility index (Phi) is 5.62. The van der Waals surface area contributed by atoms with Gasteiger partial charge in [-0.25, -0.2) is 0 Å². The second kappa shape index (κ2) is 7.87. The van der Waals surface area contributed by atoms with Crippen LogP contribution in [0, 0.1) is 17.0 Å². The van der Waals surface area contributed by atoms with Crippen LogP contribution in [0.2, 0.25) is 0 Å². The fraction of sp³-hybridized carbons (Fsp3) is 0.176. The number of benzene rings is 2. The van der Waals surface area contributed by atoms with E-state index in [1.54, 1.807) is 25.1 Å². The van der Waals surface area contributed by atoms with Gasteiger partial charge in [0.1, 0.15) is 0 Å². The summed E-state index contributed by atoms with van der Waals surface area (Å²) in [5.41, 5.74) is 2.12. The number of amides is 1. The first-order valence-corrected chi connectivity index (χ1v) is 7.27. The Balaban J connectivity index is 1.93. The van der Waals surface area contributed by atoms with Crippen molar-refractivity contribution < 1.29 is 14.6 Å². The average Bonchev–Trinajstić information content (AvgIpc) is 2.57. The number of anilines is 1. The number of non-ortho nitro benzene ring substituents is 1. The van der Waals surface area contributed by atoms with Crippen LogP contribution in [0.1, 0.15) is 18.1 Å². The van der Waals surface area contributed by atoms with E-state index in [0.29, 0.717) is 11.3 Å². The van der Waals surface area contributed by atoms with Crippen molar-refractivity contribution in [1.29, 1.82) is 0 Å². The molecule has 0 fully saturated rings.